The number of benzene rings is 1. The summed E-state index contributed by atoms with van der Waals surface area (Å²) in [4.78, 5) is 34.6. The van der Waals surface area contributed by atoms with Crippen molar-refractivity contribution in [1.82, 2.24) is 19.5 Å². The van der Waals surface area contributed by atoms with Gasteiger partial charge in [0.15, 0.2) is 5.65 Å². The van der Waals surface area contributed by atoms with E-state index in [2.05, 4.69) is 10.4 Å². The maximum Gasteiger partial charge on any atom is 0.350 e. The van der Waals surface area contributed by atoms with Gasteiger partial charge in [0, 0.05) is 36.5 Å². The molecule has 0 aliphatic heterocycles. The van der Waals surface area contributed by atoms with Crippen LogP contribution in [0.3, 0.4) is 0 Å². The monoisotopic (exact) mass is 355 g/mol. The van der Waals surface area contributed by atoms with E-state index in [9.17, 15) is 19.7 Å². The minimum Gasteiger partial charge on any atom is -0.352 e. The minimum absolute atomic E-state index is 0.0206. The first-order valence-corrected chi connectivity index (χ1v) is 8.05. The summed E-state index contributed by atoms with van der Waals surface area (Å²) >= 11 is 0. The van der Waals surface area contributed by atoms with Crippen molar-refractivity contribution >= 4 is 17.2 Å². The zero-order valence-electron chi connectivity index (χ0n) is 14.1. The summed E-state index contributed by atoms with van der Waals surface area (Å²) in [5, 5.41) is 17.8. The lowest BCUT2D eigenvalue weighted by Gasteiger charge is -2.06. The number of carbonyl (C=O) groups excluding carboxylic acids is 1. The molecule has 9 nitrogen and oxygen atoms in total. The van der Waals surface area contributed by atoms with Crippen LogP contribution in [0.2, 0.25) is 0 Å². The Morgan fingerprint density at radius 1 is 1.31 bits per heavy atom. The van der Waals surface area contributed by atoms with Gasteiger partial charge in [0.1, 0.15) is 0 Å². The maximum atomic E-state index is 12.1. The highest BCUT2D eigenvalue weighted by molar-refractivity contribution is 5.94. The Hall–Kier alpha value is -3.49. The molecule has 0 radical (unpaired) electrons. The predicted octanol–water partition coefficient (Wildman–Crippen LogP) is 1.53. The molecule has 0 atom stereocenters. The molecule has 26 heavy (non-hydrogen) atoms. The smallest absolute Gasteiger partial charge is 0.350 e. The molecule has 0 bridgehead atoms. The molecule has 3 aromatic rings. The molecular weight excluding hydrogens is 338 g/mol. The van der Waals surface area contributed by atoms with E-state index >= 15 is 0 Å². The lowest BCUT2D eigenvalue weighted by atomic mass is 10.1. The zero-order chi connectivity index (χ0) is 18.7. The van der Waals surface area contributed by atoms with Crippen LogP contribution in [0, 0.1) is 17.0 Å². The highest BCUT2D eigenvalue weighted by atomic mass is 16.6. The van der Waals surface area contributed by atoms with Gasteiger partial charge in [-0.1, -0.05) is 6.07 Å². The highest BCUT2D eigenvalue weighted by Gasteiger charge is 2.13. The van der Waals surface area contributed by atoms with Crippen molar-refractivity contribution in [1.29, 1.82) is 0 Å². The predicted molar refractivity (Wildman–Crippen MR) is 94.2 cm³/mol. The number of aryl methyl sites for hydroxylation is 2. The quantitative estimate of drug-likeness (QED) is 0.409. The van der Waals surface area contributed by atoms with Crippen LogP contribution in [0.4, 0.5) is 5.69 Å². The van der Waals surface area contributed by atoms with Crippen molar-refractivity contribution in [2.45, 2.75) is 19.9 Å². The Kier molecular flexibility index (Phi) is 4.78. The van der Waals surface area contributed by atoms with Gasteiger partial charge in [-0.05, 0) is 37.6 Å². The van der Waals surface area contributed by atoms with E-state index in [1.807, 2.05) is 0 Å². The minimum atomic E-state index is -0.483. The van der Waals surface area contributed by atoms with Crippen LogP contribution in [0.5, 0.6) is 0 Å². The van der Waals surface area contributed by atoms with E-state index in [1.165, 1.54) is 27.3 Å². The van der Waals surface area contributed by atoms with E-state index in [1.54, 1.807) is 31.3 Å². The number of rotatable bonds is 6. The molecule has 3 rings (SSSR count). The van der Waals surface area contributed by atoms with Crippen molar-refractivity contribution in [3.8, 4) is 0 Å². The van der Waals surface area contributed by atoms with Crippen molar-refractivity contribution in [2.75, 3.05) is 6.54 Å². The third-order valence-electron chi connectivity index (χ3n) is 3.98. The van der Waals surface area contributed by atoms with Gasteiger partial charge in [0.2, 0.25) is 0 Å². The summed E-state index contributed by atoms with van der Waals surface area (Å²) in [5.41, 5.74) is 1.12. The van der Waals surface area contributed by atoms with Crippen LogP contribution < -0.4 is 11.0 Å². The fraction of sp³-hybridized carbons (Fsp3) is 0.235. The number of nitro groups is 1. The lowest BCUT2D eigenvalue weighted by Crippen LogP contribution is -2.27. The molecule has 9 heteroatoms. The molecule has 0 saturated carbocycles. The first-order valence-electron chi connectivity index (χ1n) is 8.05. The first-order chi connectivity index (χ1) is 12.5. The van der Waals surface area contributed by atoms with E-state index in [-0.39, 0.29) is 17.3 Å². The number of aromatic nitrogens is 3. The van der Waals surface area contributed by atoms with Crippen molar-refractivity contribution in [3.63, 3.8) is 0 Å². The van der Waals surface area contributed by atoms with Crippen LogP contribution in [0.1, 0.15) is 22.3 Å². The number of nitro benzene ring substituents is 1. The Morgan fingerprint density at radius 3 is 2.81 bits per heavy atom. The number of fused-ring (bicyclic) bond motifs is 1. The summed E-state index contributed by atoms with van der Waals surface area (Å²) in [5.74, 6) is -0.314. The average Bonchev–Trinajstić information content (AvgIpc) is 2.94. The van der Waals surface area contributed by atoms with Crippen LogP contribution in [0.15, 0.2) is 47.4 Å². The van der Waals surface area contributed by atoms with Gasteiger partial charge >= 0.3 is 5.69 Å². The van der Waals surface area contributed by atoms with Crippen LogP contribution in [-0.2, 0) is 6.54 Å². The topological polar surface area (TPSA) is 112 Å². The Balaban J connectivity index is 1.57. The van der Waals surface area contributed by atoms with Crippen LogP contribution >= 0.6 is 0 Å². The Morgan fingerprint density at radius 2 is 2.12 bits per heavy atom. The SMILES string of the molecule is Cc1cc(C(=O)NCCCn2nc3ccccn3c2=O)ccc1[N+](=O)[O-]. The van der Waals surface area contributed by atoms with E-state index < -0.39 is 4.92 Å². The van der Waals surface area contributed by atoms with Gasteiger partial charge in [-0.15, -0.1) is 5.10 Å². The fourth-order valence-electron chi connectivity index (χ4n) is 2.65. The number of nitrogens with zero attached hydrogens (tertiary/aromatic N) is 4. The molecule has 1 N–H and O–H groups in total. The van der Waals surface area contributed by atoms with E-state index in [0.717, 1.165) is 0 Å². The van der Waals surface area contributed by atoms with Gasteiger partial charge in [-0.3, -0.25) is 19.3 Å². The van der Waals surface area contributed by atoms with E-state index in [0.29, 0.717) is 36.3 Å². The number of nitrogens with one attached hydrogen (secondary N) is 1. The molecule has 0 aliphatic rings. The standard InChI is InChI=1S/C17H17N5O4/c1-12-11-13(6-7-14(12)22(25)26)16(23)18-8-4-10-21-17(24)20-9-3-2-5-15(20)19-21/h2-3,5-7,9,11H,4,8,10H2,1H3,(H,18,23). The first kappa shape index (κ1) is 17.3. The molecule has 1 amide bonds. The molecule has 0 saturated heterocycles. The number of hydrogen-bond donors (Lipinski definition) is 1. The summed E-state index contributed by atoms with van der Waals surface area (Å²) in [6, 6.07) is 9.54. The Bertz CT molecular complexity index is 1040. The average molecular weight is 355 g/mol. The number of pyridine rings is 1. The summed E-state index contributed by atoms with van der Waals surface area (Å²) in [7, 11) is 0. The lowest BCUT2D eigenvalue weighted by molar-refractivity contribution is -0.385. The van der Waals surface area contributed by atoms with Crippen molar-refractivity contribution in [2.24, 2.45) is 0 Å². The number of hydrogen-bond acceptors (Lipinski definition) is 5. The maximum absolute atomic E-state index is 12.1. The molecule has 1 aromatic carbocycles. The molecule has 2 heterocycles. The molecule has 2 aromatic heterocycles. The van der Waals surface area contributed by atoms with Gasteiger partial charge in [-0.2, -0.15) is 0 Å². The van der Waals surface area contributed by atoms with Gasteiger partial charge in [0.05, 0.1) is 4.92 Å². The number of amides is 1. The van der Waals surface area contributed by atoms with Gasteiger partial charge in [-0.25, -0.2) is 9.48 Å². The number of carbonyl (C=O) groups is 1. The van der Waals surface area contributed by atoms with Crippen LogP contribution in [0.25, 0.3) is 5.65 Å². The van der Waals surface area contributed by atoms with E-state index in [4.69, 9.17) is 0 Å². The highest BCUT2D eigenvalue weighted by Crippen LogP contribution is 2.18. The third kappa shape index (κ3) is 3.46. The molecule has 0 aliphatic carbocycles. The van der Waals surface area contributed by atoms with Crippen molar-refractivity contribution in [3.05, 3.63) is 74.3 Å². The third-order valence-corrected chi connectivity index (χ3v) is 3.98. The molecule has 0 unspecified atom stereocenters. The van der Waals surface area contributed by atoms with Gasteiger partial charge < -0.3 is 5.32 Å². The van der Waals surface area contributed by atoms with Gasteiger partial charge in [0.25, 0.3) is 11.6 Å². The second-order valence-corrected chi connectivity index (χ2v) is 5.80. The molecule has 0 fully saturated rings. The summed E-state index contributed by atoms with van der Waals surface area (Å²) < 4.78 is 2.82. The zero-order valence-corrected chi connectivity index (χ0v) is 14.1. The molecular formula is C17H17N5O4. The van der Waals surface area contributed by atoms with Crippen molar-refractivity contribution < 1.29 is 9.72 Å². The summed E-state index contributed by atoms with van der Waals surface area (Å²) in [6.45, 7) is 2.32. The second-order valence-electron chi connectivity index (χ2n) is 5.80. The Labute approximate surface area is 148 Å². The molecule has 0 spiro atoms. The fourth-order valence-corrected chi connectivity index (χ4v) is 2.65. The summed E-state index contributed by atoms with van der Waals surface area (Å²) in [6.07, 6.45) is 2.18. The second kappa shape index (κ2) is 7.18. The van der Waals surface area contributed by atoms with Crippen LogP contribution in [-0.4, -0.2) is 31.6 Å². The largest absolute Gasteiger partial charge is 0.352 e. The molecule has 134 valence electrons. The normalized spacial score (nSPS) is 10.8.